The first-order valence-electron chi connectivity index (χ1n) is 9.16. The highest BCUT2D eigenvalue weighted by molar-refractivity contribution is 9.10. The molecule has 0 aliphatic rings. The SMILES string of the molecule is Cc1cc(Nc2cc(-c3cccnc3)nc(N[C@@H](CO)C(C)C)n2)ccc1Br. The molecule has 0 amide bonds. The number of hydrogen-bond acceptors (Lipinski definition) is 6. The van der Waals surface area contributed by atoms with Crippen LogP contribution in [0.1, 0.15) is 19.4 Å². The van der Waals surface area contributed by atoms with E-state index in [-0.39, 0.29) is 18.6 Å². The number of aromatic nitrogens is 3. The van der Waals surface area contributed by atoms with Gasteiger partial charge in [0.15, 0.2) is 0 Å². The minimum absolute atomic E-state index is 0.00676. The molecule has 0 spiro atoms. The fourth-order valence-corrected chi connectivity index (χ4v) is 2.94. The van der Waals surface area contributed by atoms with Gasteiger partial charge in [-0.15, -0.1) is 0 Å². The number of hydrogen-bond donors (Lipinski definition) is 3. The van der Waals surface area contributed by atoms with E-state index < -0.39 is 0 Å². The summed E-state index contributed by atoms with van der Waals surface area (Å²) in [6.45, 7) is 6.13. The summed E-state index contributed by atoms with van der Waals surface area (Å²) in [7, 11) is 0. The van der Waals surface area contributed by atoms with Crippen molar-refractivity contribution >= 4 is 33.4 Å². The van der Waals surface area contributed by atoms with E-state index in [0.717, 1.165) is 27.0 Å². The zero-order valence-corrected chi connectivity index (χ0v) is 17.7. The molecule has 2 heterocycles. The largest absolute Gasteiger partial charge is 0.394 e. The van der Waals surface area contributed by atoms with Crippen molar-refractivity contribution in [3.05, 3.63) is 58.8 Å². The average Bonchev–Trinajstić information content (AvgIpc) is 2.69. The minimum atomic E-state index is -0.132. The van der Waals surface area contributed by atoms with Crippen molar-refractivity contribution in [2.24, 2.45) is 5.92 Å². The Bertz CT molecular complexity index is 933. The number of aryl methyl sites for hydroxylation is 1. The third kappa shape index (κ3) is 5.05. The standard InChI is InChI=1S/C21H24BrN5O/c1-13(2)19(12-28)26-21-25-18(15-5-4-8-23-11-15)10-20(27-21)24-16-6-7-17(22)14(3)9-16/h4-11,13,19,28H,12H2,1-3H3,(H2,24,25,26,27)/t19-/m0/s1. The Morgan fingerprint density at radius 1 is 1.14 bits per heavy atom. The molecule has 28 heavy (non-hydrogen) atoms. The van der Waals surface area contributed by atoms with Gasteiger partial charge in [-0.2, -0.15) is 4.98 Å². The molecule has 3 rings (SSSR count). The number of nitrogens with zero attached hydrogens (tertiary/aromatic N) is 3. The van der Waals surface area contributed by atoms with Crippen molar-refractivity contribution in [3.8, 4) is 11.3 Å². The molecule has 1 atom stereocenters. The van der Waals surface area contributed by atoms with Crippen LogP contribution in [0.4, 0.5) is 17.5 Å². The number of pyridine rings is 1. The molecular formula is C21H24BrN5O. The van der Waals surface area contributed by atoms with E-state index in [2.05, 4.69) is 41.5 Å². The van der Waals surface area contributed by atoms with Crippen molar-refractivity contribution in [2.75, 3.05) is 17.2 Å². The molecule has 0 fully saturated rings. The third-order valence-electron chi connectivity index (χ3n) is 4.43. The normalized spacial score (nSPS) is 12.1. The summed E-state index contributed by atoms with van der Waals surface area (Å²) in [4.78, 5) is 13.4. The summed E-state index contributed by atoms with van der Waals surface area (Å²) in [6.07, 6.45) is 3.50. The van der Waals surface area contributed by atoms with Gasteiger partial charge in [-0.1, -0.05) is 29.8 Å². The molecule has 0 unspecified atom stereocenters. The van der Waals surface area contributed by atoms with Crippen LogP contribution >= 0.6 is 15.9 Å². The maximum Gasteiger partial charge on any atom is 0.225 e. The molecule has 0 aliphatic heterocycles. The molecule has 1 aromatic carbocycles. The van der Waals surface area contributed by atoms with Gasteiger partial charge in [0.25, 0.3) is 0 Å². The topological polar surface area (TPSA) is 83.0 Å². The molecule has 0 saturated heterocycles. The van der Waals surface area contributed by atoms with Crippen LogP contribution in [0, 0.1) is 12.8 Å². The monoisotopic (exact) mass is 441 g/mol. The van der Waals surface area contributed by atoms with Crippen molar-refractivity contribution < 1.29 is 5.11 Å². The summed E-state index contributed by atoms with van der Waals surface area (Å²) >= 11 is 3.52. The average molecular weight is 442 g/mol. The van der Waals surface area contributed by atoms with E-state index in [4.69, 9.17) is 0 Å². The molecule has 6 nitrogen and oxygen atoms in total. The van der Waals surface area contributed by atoms with E-state index in [1.807, 2.05) is 57.2 Å². The summed E-state index contributed by atoms with van der Waals surface area (Å²) in [5.74, 6) is 1.37. The fourth-order valence-electron chi connectivity index (χ4n) is 2.70. The summed E-state index contributed by atoms with van der Waals surface area (Å²) in [5, 5.41) is 16.2. The van der Waals surface area contributed by atoms with E-state index >= 15 is 0 Å². The van der Waals surface area contributed by atoms with Crippen LogP contribution in [-0.2, 0) is 0 Å². The molecule has 0 bridgehead atoms. The second-order valence-electron chi connectivity index (χ2n) is 6.97. The summed E-state index contributed by atoms with van der Waals surface area (Å²) in [5.41, 5.74) is 3.71. The molecule has 2 aromatic heterocycles. The highest BCUT2D eigenvalue weighted by Gasteiger charge is 2.15. The van der Waals surface area contributed by atoms with Gasteiger partial charge in [-0.05, 0) is 48.7 Å². The van der Waals surface area contributed by atoms with E-state index in [0.29, 0.717) is 11.8 Å². The maximum atomic E-state index is 9.66. The molecular weight excluding hydrogens is 418 g/mol. The number of aliphatic hydroxyl groups is 1. The lowest BCUT2D eigenvalue weighted by Gasteiger charge is -2.20. The first-order chi connectivity index (χ1) is 13.5. The Hall–Kier alpha value is -2.51. The molecule has 0 radical (unpaired) electrons. The van der Waals surface area contributed by atoms with E-state index in [1.54, 1.807) is 12.4 Å². The molecule has 7 heteroatoms. The van der Waals surface area contributed by atoms with Gasteiger partial charge in [0.1, 0.15) is 5.82 Å². The lowest BCUT2D eigenvalue weighted by molar-refractivity contribution is 0.248. The van der Waals surface area contributed by atoms with Crippen LogP contribution in [0.5, 0.6) is 0 Å². The Balaban J connectivity index is 1.97. The van der Waals surface area contributed by atoms with Crippen LogP contribution in [0.2, 0.25) is 0 Å². The lowest BCUT2D eigenvalue weighted by Crippen LogP contribution is -2.30. The second kappa shape index (κ2) is 9.12. The summed E-state index contributed by atoms with van der Waals surface area (Å²) in [6, 6.07) is 11.6. The number of rotatable bonds is 7. The van der Waals surface area contributed by atoms with Gasteiger partial charge in [-0.25, -0.2) is 4.98 Å². The van der Waals surface area contributed by atoms with Crippen molar-refractivity contribution in [3.63, 3.8) is 0 Å². The number of nitrogens with one attached hydrogen (secondary N) is 2. The van der Waals surface area contributed by atoms with Crippen LogP contribution in [-0.4, -0.2) is 32.7 Å². The number of benzene rings is 1. The Morgan fingerprint density at radius 3 is 2.61 bits per heavy atom. The molecule has 146 valence electrons. The first-order valence-corrected chi connectivity index (χ1v) is 9.95. The predicted molar refractivity (Wildman–Crippen MR) is 117 cm³/mol. The van der Waals surface area contributed by atoms with Gasteiger partial charge in [0.05, 0.1) is 18.3 Å². The Morgan fingerprint density at radius 2 is 1.96 bits per heavy atom. The quantitative estimate of drug-likeness (QED) is 0.489. The number of aliphatic hydroxyl groups excluding tert-OH is 1. The van der Waals surface area contributed by atoms with Crippen LogP contribution < -0.4 is 10.6 Å². The van der Waals surface area contributed by atoms with Crippen molar-refractivity contribution in [1.29, 1.82) is 0 Å². The fraction of sp³-hybridized carbons (Fsp3) is 0.286. The van der Waals surface area contributed by atoms with Crippen molar-refractivity contribution in [2.45, 2.75) is 26.8 Å². The molecule has 3 aromatic rings. The highest BCUT2D eigenvalue weighted by Crippen LogP contribution is 2.26. The highest BCUT2D eigenvalue weighted by atomic mass is 79.9. The molecule has 3 N–H and O–H groups in total. The number of anilines is 3. The van der Waals surface area contributed by atoms with E-state index in [1.165, 1.54) is 0 Å². The smallest absolute Gasteiger partial charge is 0.225 e. The third-order valence-corrected chi connectivity index (χ3v) is 5.32. The summed E-state index contributed by atoms with van der Waals surface area (Å²) < 4.78 is 1.06. The first kappa shape index (κ1) is 20.2. The predicted octanol–water partition coefficient (Wildman–Crippen LogP) is 4.78. The van der Waals surface area contributed by atoms with Gasteiger partial charge >= 0.3 is 0 Å². The minimum Gasteiger partial charge on any atom is -0.394 e. The zero-order chi connectivity index (χ0) is 20.1. The van der Waals surface area contributed by atoms with Crippen LogP contribution in [0.25, 0.3) is 11.3 Å². The van der Waals surface area contributed by atoms with Gasteiger partial charge in [-0.3, -0.25) is 4.98 Å². The molecule has 0 saturated carbocycles. The zero-order valence-electron chi connectivity index (χ0n) is 16.1. The van der Waals surface area contributed by atoms with Gasteiger partial charge in [0.2, 0.25) is 5.95 Å². The van der Waals surface area contributed by atoms with Crippen molar-refractivity contribution in [1.82, 2.24) is 15.0 Å². The maximum absolute atomic E-state index is 9.66. The van der Waals surface area contributed by atoms with Crippen LogP contribution in [0.15, 0.2) is 53.3 Å². The van der Waals surface area contributed by atoms with E-state index in [9.17, 15) is 5.11 Å². The van der Waals surface area contributed by atoms with Crippen LogP contribution in [0.3, 0.4) is 0 Å². The lowest BCUT2D eigenvalue weighted by atomic mass is 10.1. The molecule has 0 aliphatic carbocycles. The second-order valence-corrected chi connectivity index (χ2v) is 7.82. The Labute approximate surface area is 173 Å². The Kier molecular flexibility index (Phi) is 6.59. The van der Waals surface area contributed by atoms with Gasteiger partial charge < -0.3 is 15.7 Å². The number of halogens is 1. The van der Waals surface area contributed by atoms with Gasteiger partial charge in [0, 0.05) is 34.2 Å².